The van der Waals surface area contributed by atoms with Gasteiger partial charge in [0.05, 0.1) is 6.54 Å². The van der Waals surface area contributed by atoms with Gasteiger partial charge in [-0.05, 0) is 19.1 Å². The van der Waals surface area contributed by atoms with Crippen LogP contribution in [0.25, 0.3) is 0 Å². The Morgan fingerprint density at radius 1 is 1.53 bits per heavy atom. The van der Waals surface area contributed by atoms with Crippen molar-refractivity contribution in [2.24, 2.45) is 0 Å². The third-order valence-electron chi connectivity index (χ3n) is 2.84. The molecule has 1 saturated heterocycles. The number of amides is 1. The maximum absolute atomic E-state index is 13.7. The summed E-state index contributed by atoms with van der Waals surface area (Å²) in [4.78, 5) is 23.7. The van der Waals surface area contributed by atoms with Crippen molar-refractivity contribution in [3.05, 3.63) is 23.7 Å². The summed E-state index contributed by atoms with van der Waals surface area (Å²) >= 11 is 0. The van der Waals surface area contributed by atoms with E-state index in [1.165, 1.54) is 6.07 Å². The van der Waals surface area contributed by atoms with E-state index < -0.39 is 24.1 Å². The number of hydrogen-bond donors (Lipinski definition) is 1. The van der Waals surface area contributed by atoms with Crippen LogP contribution in [0, 0.1) is 6.92 Å². The summed E-state index contributed by atoms with van der Waals surface area (Å²) in [5.41, 5.74) is -2.34. The second kappa shape index (κ2) is 3.87. The van der Waals surface area contributed by atoms with Crippen LogP contribution in [0.3, 0.4) is 0 Å². The van der Waals surface area contributed by atoms with Gasteiger partial charge in [-0.1, -0.05) is 0 Å². The monoisotopic (exact) mass is 241 g/mol. The third-order valence-corrected chi connectivity index (χ3v) is 2.84. The molecule has 92 valence electrons. The number of rotatable bonds is 2. The Balaban J connectivity index is 2.11. The summed E-state index contributed by atoms with van der Waals surface area (Å²) in [6.45, 7) is 1.35. The summed E-state index contributed by atoms with van der Waals surface area (Å²) in [6, 6.07) is 3.12. The first kappa shape index (κ1) is 11.6. The molecule has 6 heteroatoms. The van der Waals surface area contributed by atoms with Crippen molar-refractivity contribution in [1.82, 2.24) is 4.90 Å². The number of likely N-dealkylation sites (tertiary alicyclic amines) is 1. The summed E-state index contributed by atoms with van der Waals surface area (Å²) in [5.74, 6) is -1.31. The van der Waals surface area contributed by atoms with Crippen molar-refractivity contribution in [3.63, 3.8) is 0 Å². The van der Waals surface area contributed by atoms with Crippen LogP contribution in [0.5, 0.6) is 0 Å². The fourth-order valence-electron chi connectivity index (χ4n) is 1.83. The number of carboxylic acid groups (broad SMARTS) is 1. The topological polar surface area (TPSA) is 70.8 Å². The number of aryl methyl sites for hydroxylation is 1. The van der Waals surface area contributed by atoms with Crippen LogP contribution < -0.4 is 0 Å². The van der Waals surface area contributed by atoms with Gasteiger partial charge in [0.15, 0.2) is 5.76 Å². The number of aliphatic carboxylic acids is 1. The molecule has 0 radical (unpaired) electrons. The van der Waals surface area contributed by atoms with E-state index in [-0.39, 0.29) is 18.7 Å². The quantitative estimate of drug-likeness (QED) is 0.845. The average Bonchev–Trinajstić information content (AvgIpc) is 2.85. The molecule has 1 aromatic rings. The zero-order valence-electron chi connectivity index (χ0n) is 9.27. The number of nitrogens with zero attached hydrogens (tertiary/aromatic N) is 1. The van der Waals surface area contributed by atoms with E-state index in [0.29, 0.717) is 5.76 Å². The molecule has 1 N–H and O–H groups in total. The molecule has 1 fully saturated rings. The molecular formula is C11H12FNO4. The largest absolute Gasteiger partial charge is 0.479 e. The fraction of sp³-hybridized carbons (Fsp3) is 0.455. The van der Waals surface area contributed by atoms with E-state index >= 15 is 0 Å². The van der Waals surface area contributed by atoms with E-state index in [9.17, 15) is 14.0 Å². The van der Waals surface area contributed by atoms with E-state index in [4.69, 9.17) is 9.52 Å². The van der Waals surface area contributed by atoms with Crippen LogP contribution >= 0.6 is 0 Å². The fourth-order valence-corrected chi connectivity index (χ4v) is 1.83. The summed E-state index contributed by atoms with van der Waals surface area (Å²) in [6.07, 6.45) is -0.187. The number of furan rings is 1. The number of carbonyl (C=O) groups excluding carboxylic acids is 1. The zero-order chi connectivity index (χ0) is 12.6. The Labute approximate surface area is 96.8 Å². The number of alkyl halides is 1. The molecule has 1 unspecified atom stereocenters. The lowest BCUT2D eigenvalue weighted by Gasteiger charge is -2.16. The maximum Gasteiger partial charge on any atom is 0.343 e. The number of hydrogen-bond acceptors (Lipinski definition) is 3. The molecule has 0 saturated carbocycles. The predicted molar refractivity (Wildman–Crippen MR) is 55.4 cm³/mol. The smallest absolute Gasteiger partial charge is 0.343 e. The average molecular weight is 241 g/mol. The minimum Gasteiger partial charge on any atom is -0.479 e. The Morgan fingerprint density at radius 2 is 2.24 bits per heavy atom. The Bertz CT molecular complexity index is 470. The second-order valence-electron chi connectivity index (χ2n) is 4.16. The predicted octanol–water partition coefficient (Wildman–Crippen LogP) is 1.23. The molecule has 0 bridgehead atoms. The first-order valence-electron chi connectivity index (χ1n) is 5.20. The van der Waals surface area contributed by atoms with Crippen molar-refractivity contribution in [1.29, 1.82) is 0 Å². The van der Waals surface area contributed by atoms with Crippen LogP contribution in [0.15, 0.2) is 16.5 Å². The SMILES string of the molecule is Cc1ccc(C(=O)N2CCC(F)(C(=O)O)C2)o1. The molecule has 0 aliphatic carbocycles. The molecule has 0 spiro atoms. The van der Waals surface area contributed by atoms with E-state index in [2.05, 4.69) is 0 Å². The van der Waals surface area contributed by atoms with Crippen LogP contribution in [-0.4, -0.2) is 40.6 Å². The minimum absolute atomic E-state index is 0.0847. The number of halogens is 1. The van der Waals surface area contributed by atoms with Crippen molar-refractivity contribution >= 4 is 11.9 Å². The highest BCUT2D eigenvalue weighted by atomic mass is 19.1. The molecule has 1 aliphatic rings. The highest BCUT2D eigenvalue weighted by molar-refractivity contribution is 5.92. The van der Waals surface area contributed by atoms with Crippen LogP contribution in [0.1, 0.15) is 22.7 Å². The van der Waals surface area contributed by atoms with Crippen molar-refractivity contribution in [2.75, 3.05) is 13.1 Å². The molecule has 5 nitrogen and oxygen atoms in total. The zero-order valence-corrected chi connectivity index (χ0v) is 9.27. The molecular weight excluding hydrogens is 229 g/mol. The maximum atomic E-state index is 13.7. The van der Waals surface area contributed by atoms with Crippen molar-refractivity contribution < 1.29 is 23.5 Å². The molecule has 1 atom stereocenters. The summed E-state index contributed by atoms with van der Waals surface area (Å²) in [7, 11) is 0. The Morgan fingerprint density at radius 3 is 2.71 bits per heavy atom. The minimum atomic E-state index is -2.34. The van der Waals surface area contributed by atoms with E-state index in [1.807, 2.05) is 0 Å². The Hall–Kier alpha value is -1.85. The molecule has 2 rings (SSSR count). The van der Waals surface area contributed by atoms with Gasteiger partial charge in [-0.3, -0.25) is 4.79 Å². The van der Waals surface area contributed by atoms with Crippen LogP contribution in [-0.2, 0) is 4.79 Å². The molecule has 0 aromatic carbocycles. The van der Waals surface area contributed by atoms with E-state index in [0.717, 1.165) is 4.90 Å². The van der Waals surface area contributed by atoms with Gasteiger partial charge in [0, 0.05) is 13.0 Å². The lowest BCUT2D eigenvalue weighted by atomic mass is 10.1. The van der Waals surface area contributed by atoms with Crippen molar-refractivity contribution in [3.8, 4) is 0 Å². The highest BCUT2D eigenvalue weighted by Crippen LogP contribution is 2.27. The molecule has 1 aromatic heterocycles. The standard InChI is InChI=1S/C11H12FNO4/c1-7-2-3-8(17-7)9(14)13-5-4-11(12,6-13)10(15)16/h2-3H,4-6H2,1H3,(H,15,16). The van der Waals surface area contributed by atoms with Gasteiger partial charge in [-0.25, -0.2) is 9.18 Å². The summed E-state index contributed by atoms with van der Waals surface area (Å²) < 4.78 is 18.9. The van der Waals surface area contributed by atoms with Crippen molar-refractivity contribution in [2.45, 2.75) is 19.0 Å². The van der Waals surface area contributed by atoms with E-state index in [1.54, 1.807) is 13.0 Å². The molecule has 17 heavy (non-hydrogen) atoms. The van der Waals surface area contributed by atoms with Crippen LogP contribution in [0.4, 0.5) is 4.39 Å². The second-order valence-corrected chi connectivity index (χ2v) is 4.16. The Kier molecular flexibility index (Phi) is 2.65. The van der Waals surface area contributed by atoms with Gasteiger partial charge in [0.1, 0.15) is 5.76 Å². The van der Waals surface area contributed by atoms with Crippen LogP contribution in [0.2, 0.25) is 0 Å². The normalized spacial score (nSPS) is 24.0. The first-order valence-corrected chi connectivity index (χ1v) is 5.20. The molecule has 2 heterocycles. The third kappa shape index (κ3) is 2.02. The van der Waals surface area contributed by atoms with Gasteiger partial charge in [0.25, 0.3) is 5.91 Å². The van der Waals surface area contributed by atoms with Gasteiger partial charge in [-0.15, -0.1) is 0 Å². The number of carbonyl (C=O) groups is 2. The molecule has 1 aliphatic heterocycles. The number of carboxylic acids is 1. The first-order chi connectivity index (χ1) is 7.92. The van der Waals surface area contributed by atoms with Gasteiger partial charge >= 0.3 is 5.97 Å². The highest BCUT2D eigenvalue weighted by Gasteiger charge is 2.47. The molecule has 1 amide bonds. The summed E-state index contributed by atoms with van der Waals surface area (Å²) in [5, 5.41) is 8.71. The lowest BCUT2D eigenvalue weighted by molar-refractivity contribution is -0.149. The van der Waals surface area contributed by atoms with Gasteiger partial charge < -0.3 is 14.4 Å². The van der Waals surface area contributed by atoms with Gasteiger partial charge in [-0.2, -0.15) is 0 Å². The van der Waals surface area contributed by atoms with Gasteiger partial charge in [0.2, 0.25) is 5.67 Å². The lowest BCUT2D eigenvalue weighted by Crippen LogP contribution is -2.38.